The molecule has 1 heterocycles. The third-order valence-electron chi connectivity index (χ3n) is 3.69. The summed E-state index contributed by atoms with van der Waals surface area (Å²) in [6, 6.07) is 11.1. The minimum Gasteiger partial charge on any atom is -0.469 e. The molecule has 0 radical (unpaired) electrons. The molecule has 1 unspecified atom stereocenters. The van der Waals surface area contributed by atoms with Crippen LogP contribution in [0, 0.1) is 6.92 Å². The van der Waals surface area contributed by atoms with Crippen LogP contribution in [0.25, 0.3) is 0 Å². The first-order valence-electron chi connectivity index (χ1n) is 6.95. The molecule has 0 aliphatic rings. The van der Waals surface area contributed by atoms with E-state index in [9.17, 15) is 9.90 Å². The standard InChI is InChI=1S/C17H21NO3/c1-13-14(9-10-21-13)12-18(3)16(19)11-17(2,20)15-7-5-4-6-8-15/h4-10,20H,11-12H2,1-3H3. The summed E-state index contributed by atoms with van der Waals surface area (Å²) in [4.78, 5) is 13.9. The lowest BCUT2D eigenvalue weighted by atomic mass is 9.92. The molecular formula is C17H21NO3. The number of amides is 1. The Balaban J connectivity index is 2.02. The van der Waals surface area contributed by atoms with Crippen LogP contribution in [0.1, 0.15) is 30.2 Å². The molecule has 0 spiro atoms. The number of aliphatic hydroxyl groups is 1. The molecular weight excluding hydrogens is 266 g/mol. The number of hydrogen-bond donors (Lipinski definition) is 1. The van der Waals surface area contributed by atoms with E-state index >= 15 is 0 Å². The zero-order chi connectivity index (χ0) is 15.5. The van der Waals surface area contributed by atoms with Crippen molar-refractivity contribution in [3.05, 3.63) is 59.5 Å². The van der Waals surface area contributed by atoms with Crippen LogP contribution in [0.4, 0.5) is 0 Å². The molecule has 1 aromatic heterocycles. The van der Waals surface area contributed by atoms with Gasteiger partial charge in [0.25, 0.3) is 0 Å². The van der Waals surface area contributed by atoms with Crippen LogP contribution in [0.3, 0.4) is 0 Å². The molecule has 2 aromatic rings. The van der Waals surface area contributed by atoms with Crippen molar-refractivity contribution in [2.45, 2.75) is 32.4 Å². The summed E-state index contributed by atoms with van der Waals surface area (Å²) in [7, 11) is 1.73. The number of rotatable bonds is 5. The molecule has 21 heavy (non-hydrogen) atoms. The summed E-state index contributed by atoms with van der Waals surface area (Å²) in [6.45, 7) is 4.01. The molecule has 4 heteroatoms. The van der Waals surface area contributed by atoms with Crippen LogP contribution in [-0.2, 0) is 16.9 Å². The van der Waals surface area contributed by atoms with Crippen molar-refractivity contribution in [2.75, 3.05) is 7.05 Å². The van der Waals surface area contributed by atoms with E-state index in [1.54, 1.807) is 25.1 Å². The second-order valence-electron chi connectivity index (χ2n) is 5.57. The first-order chi connectivity index (χ1) is 9.90. The van der Waals surface area contributed by atoms with Crippen LogP contribution in [0.15, 0.2) is 47.1 Å². The minimum absolute atomic E-state index is 0.0460. The third kappa shape index (κ3) is 3.73. The molecule has 0 saturated heterocycles. The van der Waals surface area contributed by atoms with Gasteiger partial charge in [0.2, 0.25) is 5.91 Å². The quantitative estimate of drug-likeness (QED) is 0.920. The number of hydrogen-bond acceptors (Lipinski definition) is 3. The average Bonchev–Trinajstić information content (AvgIpc) is 2.85. The fourth-order valence-corrected chi connectivity index (χ4v) is 2.25. The maximum atomic E-state index is 12.3. The van der Waals surface area contributed by atoms with Gasteiger partial charge in [0.1, 0.15) is 5.76 Å². The van der Waals surface area contributed by atoms with Crippen molar-refractivity contribution >= 4 is 5.91 Å². The van der Waals surface area contributed by atoms with Crippen molar-refractivity contribution in [1.82, 2.24) is 4.90 Å². The highest BCUT2D eigenvalue weighted by Gasteiger charge is 2.28. The molecule has 112 valence electrons. The Morgan fingerprint density at radius 1 is 1.29 bits per heavy atom. The number of aryl methyl sites for hydroxylation is 1. The molecule has 4 nitrogen and oxygen atoms in total. The summed E-state index contributed by atoms with van der Waals surface area (Å²) in [6.07, 6.45) is 1.66. The lowest BCUT2D eigenvalue weighted by Crippen LogP contribution is -2.34. The van der Waals surface area contributed by atoms with Gasteiger partial charge in [-0.3, -0.25) is 4.79 Å². The molecule has 0 saturated carbocycles. The first kappa shape index (κ1) is 15.3. The Morgan fingerprint density at radius 3 is 2.52 bits per heavy atom. The number of nitrogens with zero attached hydrogens (tertiary/aromatic N) is 1. The van der Waals surface area contributed by atoms with Gasteiger partial charge in [-0.2, -0.15) is 0 Å². The van der Waals surface area contributed by atoms with Crippen LogP contribution in [0.5, 0.6) is 0 Å². The molecule has 1 amide bonds. The molecule has 2 rings (SSSR count). The highest BCUT2D eigenvalue weighted by molar-refractivity contribution is 5.77. The summed E-state index contributed by atoms with van der Waals surface area (Å²) < 4.78 is 5.23. The van der Waals surface area contributed by atoms with Crippen molar-refractivity contribution in [3.8, 4) is 0 Å². The van der Waals surface area contributed by atoms with Crippen molar-refractivity contribution in [1.29, 1.82) is 0 Å². The number of carbonyl (C=O) groups excluding carboxylic acids is 1. The predicted molar refractivity (Wildman–Crippen MR) is 80.5 cm³/mol. The monoisotopic (exact) mass is 287 g/mol. The van der Waals surface area contributed by atoms with Gasteiger partial charge in [0, 0.05) is 19.2 Å². The molecule has 1 aromatic carbocycles. The Bertz CT molecular complexity index is 602. The Hall–Kier alpha value is -2.07. The van der Waals surface area contributed by atoms with E-state index in [2.05, 4.69) is 0 Å². The van der Waals surface area contributed by atoms with Gasteiger partial charge in [0.05, 0.1) is 18.3 Å². The Labute approximate surface area is 125 Å². The molecule has 1 N–H and O–H groups in total. The summed E-state index contributed by atoms with van der Waals surface area (Å²) >= 11 is 0. The average molecular weight is 287 g/mol. The third-order valence-corrected chi connectivity index (χ3v) is 3.69. The van der Waals surface area contributed by atoms with Crippen molar-refractivity contribution in [2.24, 2.45) is 0 Å². The van der Waals surface area contributed by atoms with Crippen LogP contribution < -0.4 is 0 Å². The fourth-order valence-electron chi connectivity index (χ4n) is 2.25. The van der Waals surface area contributed by atoms with Crippen LogP contribution in [0.2, 0.25) is 0 Å². The van der Waals surface area contributed by atoms with Gasteiger partial charge in [0.15, 0.2) is 0 Å². The largest absolute Gasteiger partial charge is 0.469 e. The van der Waals surface area contributed by atoms with Gasteiger partial charge in [-0.1, -0.05) is 30.3 Å². The van der Waals surface area contributed by atoms with E-state index in [0.29, 0.717) is 6.54 Å². The van der Waals surface area contributed by atoms with E-state index in [-0.39, 0.29) is 12.3 Å². The predicted octanol–water partition coefficient (Wildman–Crippen LogP) is 2.84. The number of furan rings is 1. The Kier molecular flexibility index (Phi) is 4.48. The van der Waals surface area contributed by atoms with E-state index < -0.39 is 5.60 Å². The number of carbonyl (C=O) groups is 1. The second kappa shape index (κ2) is 6.14. The maximum absolute atomic E-state index is 12.3. The highest BCUT2D eigenvalue weighted by atomic mass is 16.3. The first-order valence-corrected chi connectivity index (χ1v) is 6.95. The molecule has 0 aliphatic heterocycles. The fraction of sp³-hybridized carbons (Fsp3) is 0.353. The molecule has 0 aliphatic carbocycles. The Morgan fingerprint density at radius 2 is 1.95 bits per heavy atom. The summed E-state index contributed by atoms with van der Waals surface area (Å²) in [5, 5.41) is 10.5. The smallest absolute Gasteiger partial charge is 0.225 e. The molecule has 0 bridgehead atoms. The van der Waals surface area contributed by atoms with E-state index in [1.165, 1.54) is 0 Å². The lowest BCUT2D eigenvalue weighted by molar-refractivity contribution is -0.135. The van der Waals surface area contributed by atoms with Crippen molar-refractivity contribution in [3.63, 3.8) is 0 Å². The van der Waals surface area contributed by atoms with Gasteiger partial charge in [-0.15, -0.1) is 0 Å². The van der Waals surface area contributed by atoms with E-state index in [1.807, 2.05) is 43.3 Å². The molecule has 0 fully saturated rings. The SMILES string of the molecule is Cc1occc1CN(C)C(=O)CC(C)(O)c1ccccc1. The van der Waals surface area contributed by atoms with Crippen LogP contribution >= 0.6 is 0 Å². The summed E-state index contributed by atoms with van der Waals surface area (Å²) in [5.74, 6) is 0.703. The van der Waals surface area contributed by atoms with Gasteiger partial charge in [-0.25, -0.2) is 0 Å². The second-order valence-corrected chi connectivity index (χ2v) is 5.57. The van der Waals surface area contributed by atoms with Crippen LogP contribution in [-0.4, -0.2) is 23.0 Å². The number of benzene rings is 1. The highest BCUT2D eigenvalue weighted by Crippen LogP contribution is 2.25. The normalized spacial score (nSPS) is 13.7. The van der Waals surface area contributed by atoms with E-state index in [4.69, 9.17) is 4.42 Å². The zero-order valence-electron chi connectivity index (χ0n) is 12.7. The van der Waals surface area contributed by atoms with E-state index in [0.717, 1.165) is 16.9 Å². The maximum Gasteiger partial charge on any atom is 0.225 e. The topological polar surface area (TPSA) is 53.7 Å². The molecule has 1 atom stereocenters. The zero-order valence-corrected chi connectivity index (χ0v) is 12.7. The lowest BCUT2D eigenvalue weighted by Gasteiger charge is -2.26. The minimum atomic E-state index is -1.17. The van der Waals surface area contributed by atoms with Gasteiger partial charge in [-0.05, 0) is 25.5 Å². The van der Waals surface area contributed by atoms with Gasteiger partial charge < -0.3 is 14.4 Å². The van der Waals surface area contributed by atoms with Crippen molar-refractivity contribution < 1.29 is 14.3 Å². The van der Waals surface area contributed by atoms with Gasteiger partial charge >= 0.3 is 0 Å². The summed E-state index contributed by atoms with van der Waals surface area (Å²) in [5.41, 5.74) is 0.550.